The molecule has 0 fully saturated rings. The lowest BCUT2D eigenvalue weighted by atomic mass is 10.1. The quantitative estimate of drug-likeness (QED) is 0.479. The first-order chi connectivity index (χ1) is 14.1. The van der Waals surface area contributed by atoms with Gasteiger partial charge < -0.3 is 0 Å². The molecule has 1 amide bonds. The smallest absolute Gasteiger partial charge is 0.266 e. The minimum atomic E-state index is -3.12. The first-order valence-electron chi connectivity index (χ1n) is 8.28. The van der Waals surface area contributed by atoms with E-state index in [1.807, 2.05) is 0 Å². The first kappa shape index (κ1) is 21.9. The maximum Gasteiger partial charge on any atom is 0.286 e. The number of aromatic nitrogens is 1. The lowest BCUT2D eigenvalue weighted by molar-refractivity contribution is 0.100. The molecule has 152 valence electrons. The SMILES string of the molecule is CS(=O)(=NC(=O)c1cncc(C#Cc2cc(F)cc(F)c2)c1)c1cc(Cl)cc(Cl)c1. The zero-order valence-electron chi connectivity index (χ0n) is 15.3. The van der Waals surface area contributed by atoms with Gasteiger partial charge in [-0.25, -0.2) is 13.0 Å². The van der Waals surface area contributed by atoms with Gasteiger partial charge in [0.2, 0.25) is 0 Å². The van der Waals surface area contributed by atoms with Crippen molar-refractivity contribution in [3.05, 3.63) is 93.2 Å². The molecule has 0 spiro atoms. The van der Waals surface area contributed by atoms with E-state index in [9.17, 15) is 17.8 Å². The summed E-state index contributed by atoms with van der Waals surface area (Å²) in [4.78, 5) is 16.7. The van der Waals surface area contributed by atoms with Crippen molar-refractivity contribution >= 4 is 38.8 Å². The molecule has 4 nitrogen and oxygen atoms in total. The second-order valence-corrected chi connectivity index (χ2v) is 9.31. The topological polar surface area (TPSA) is 59.4 Å². The fraction of sp³-hybridized carbons (Fsp3) is 0.0476. The summed E-state index contributed by atoms with van der Waals surface area (Å²) in [6, 6.07) is 8.60. The van der Waals surface area contributed by atoms with Crippen molar-refractivity contribution in [2.24, 2.45) is 4.36 Å². The third-order valence-corrected chi connectivity index (χ3v) is 5.79. The van der Waals surface area contributed by atoms with Crippen LogP contribution in [0.25, 0.3) is 0 Å². The van der Waals surface area contributed by atoms with Crippen LogP contribution in [0, 0.1) is 23.5 Å². The molecule has 1 aromatic heterocycles. The van der Waals surface area contributed by atoms with E-state index in [1.165, 1.54) is 42.9 Å². The van der Waals surface area contributed by atoms with Gasteiger partial charge in [0.25, 0.3) is 5.91 Å². The average molecular weight is 465 g/mol. The summed E-state index contributed by atoms with van der Waals surface area (Å²) in [5, 5.41) is 0.532. The number of hydrogen-bond acceptors (Lipinski definition) is 3. The second-order valence-electron chi connectivity index (χ2n) is 6.17. The standard InChI is InChI=1S/C21H12Cl2F2N2O2S/c1-30(29,20-8-16(22)7-17(23)9-20)27-21(28)15-4-14(11-26-12-15)3-2-13-5-18(24)10-19(25)6-13/h4-12H,1H3. The van der Waals surface area contributed by atoms with Crippen LogP contribution in [-0.2, 0) is 9.73 Å². The maximum absolute atomic E-state index is 13.3. The van der Waals surface area contributed by atoms with Crippen LogP contribution in [0.2, 0.25) is 10.0 Å². The van der Waals surface area contributed by atoms with E-state index in [0.717, 1.165) is 18.2 Å². The average Bonchev–Trinajstić information content (AvgIpc) is 2.65. The van der Waals surface area contributed by atoms with Crippen LogP contribution < -0.4 is 0 Å². The zero-order chi connectivity index (χ0) is 21.9. The molecule has 0 N–H and O–H groups in total. The van der Waals surface area contributed by atoms with E-state index >= 15 is 0 Å². The zero-order valence-corrected chi connectivity index (χ0v) is 17.7. The Kier molecular flexibility index (Phi) is 6.52. The summed E-state index contributed by atoms with van der Waals surface area (Å²) in [7, 11) is -3.12. The van der Waals surface area contributed by atoms with Crippen molar-refractivity contribution in [1.82, 2.24) is 4.98 Å². The molecule has 30 heavy (non-hydrogen) atoms. The van der Waals surface area contributed by atoms with Crippen molar-refractivity contribution in [3.8, 4) is 11.8 Å². The summed E-state index contributed by atoms with van der Waals surface area (Å²) in [5.74, 6) is 3.00. The summed E-state index contributed by atoms with van der Waals surface area (Å²) < 4.78 is 43.2. The Morgan fingerprint density at radius 1 is 0.933 bits per heavy atom. The van der Waals surface area contributed by atoms with Crippen LogP contribution >= 0.6 is 23.2 Å². The maximum atomic E-state index is 13.3. The highest BCUT2D eigenvalue weighted by Gasteiger charge is 2.13. The summed E-state index contributed by atoms with van der Waals surface area (Å²) >= 11 is 11.9. The molecule has 1 atom stereocenters. The van der Waals surface area contributed by atoms with Crippen LogP contribution in [0.5, 0.6) is 0 Å². The van der Waals surface area contributed by atoms with E-state index in [-0.39, 0.29) is 26.1 Å². The van der Waals surface area contributed by atoms with Gasteiger partial charge in [0.05, 0.1) is 20.2 Å². The molecule has 3 rings (SSSR count). The van der Waals surface area contributed by atoms with E-state index in [2.05, 4.69) is 21.2 Å². The van der Waals surface area contributed by atoms with Gasteiger partial charge in [-0.1, -0.05) is 35.0 Å². The molecular weight excluding hydrogens is 453 g/mol. The molecule has 1 heterocycles. The van der Waals surface area contributed by atoms with Crippen molar-refractivity contribution in [2.45, 2.75) is 4.90 Å². The monoisotopic (exact) mass is 464 g/mol. The molecule has 0 bridgehead atoms. The number of halogens is 4. The van der Waals surface area contributed by atoms with E-state index < -0.39 is 27.3 Å². The Hall–Kier alpha value is -2.79. The molecule has 9 heteroatoms. The Balaban J connectivity index is 1.92. The van der Waals surface area contributed by atoms with Gasteiger partial charge in [0, 0.05) is 45.9 Å². The number of carbonyl (C=O) groups excluding carboxylic acids is 1. The molecule has 0 aliphatic rings. The van der Waals surface area contributed by atoms with Crippen LogP contribution in [0.15, 0.2) is 64.1 Å². The highest BCUT2D eigenvalue weighted by atomic mass is 35.5. The lowest BCUT2D eigenvalue weighted by Gasteiger charge is -2.05. The molecule has 0 aliphatic heterocycles. The van der Waals surface area contributed by atoms with Crippen LogP contribution in [-0.4, -0.2) is 21.4 Å². The van der Waals surface area contributed by atoms with Crippen LogP contribution in [0.1, 0.15) is 21.5 Å². The number of pyridine rings is 1. The van der Waals surface area contributed by atoms with Gasteiger partial charge >= 0.3 is 0 Å². The van der Waals surface area contributed by atoms with Crippen molar-refractivity contribution in [2.75, 3.05) is 6.26 Å². The highest BCUT2D eigenvalue weighted by Crippen LogP contribution is 2.23. The van der Waals surface area contributed by atoms with Crippen molar-refractivity contribution in [1.29, 1.82) is 0 Å². The third-order valence-electron chi connectivity index (χ3n) is 3.73. The molecule has 2 aromatic carbocycles. The Morgan fingerprint density at radius 2 is 1.53 bits per heavy atom. The Labute approximate surface area is 182 Å². The number of rotatable bonds is 2. The minimum Gasteiger partial charge on any atom is -0.266 e. The van der Waals surface area contributed by atoms with Gasteiger partial charge in [-0.05, 0) is 36.4 Å². The van der Waals surface area contributed by atoms with Gasteiger partial charge in [-0.15, -0.1) is 0 Å². The predicted octanol–water partition coefficient (Wildman–Crippen LogP) is 5.36. The Morgan fingerprint density at radius 3 is 2.17 bits per heavy atom. The Bertz CT molecular complexity index is 1300. The number of hydrogen-bond donors (Lipinski definition) is 0. The number of benzene rings is 2. The van der Waals surface area contributed by atoms with Crippen molar-refractivity contribution < 1.29 is 17.8 Å². The number of nitrogens with zero attached hydrogens (tertiary/aromatic N) is 2. The van der Waals surface area contributed by atoms with Gasteiger partial charge in [0.15, 0.2) is 0 Å². The predicted molar refractivity (Wildman–Crippen MR) is 112 cm³/mol. The fourth-order valence-electron chi connectivity index (χ4n) is 2.41. The molecule has 0 radical (unpaired) electrons. The fourth-order valence-corrected chi connectivity index (χ4v) is 4.28. The third kappa shape index (κ3) is 5.63. The normalized spacial score (nSPS) is 12.4. The van der Waals surface area contributed by atoms with Gasteiger partial charge in [0.1, 0.15) is 11.6 Å². The van der Waals surface area contributed by atoms with E-state index in [0.29, 0.717) is 5.56 Å². The van der Waals surface area contributed by atoms with Crippen LogP contribution in [0.4, 0.5) is 8.78 Å². The van der Waals surface area contributed by atoms with Crippen LogP contribution in [0.3, 0.4) is 0 Å². The molecule has 0 aliphatic carbocycles. The second kappa shape index (κ2) is 8.92. The summed E-state index contributed by atoms with van der Waals surface area (Å²) in [5.41, 5.74) is 0.493. The first-order valence-corrected chi connectivity index (χ1v) is 11.0. The number of carbonyl (C=O) groups is 1. The molecular formula is C21H12Cl2F2N2O2S. The van der Waals surface area contributed by atoms with E-state index in [4.69, 9.17) is 23.2 Å². The summed E-state index contributed by atoms with van der Waals surface area (Å²) in [6.45, 7) is 0. The number of amides is 1. The lowest BCUT2D eigenvalue weighted by Crippen LogP contribution is -2.04. The molecule has 0 saturated carbocycles. The molecule has 0 saturated heterocycles. The minimum absolute atomic E-state index is 0.0509. The van der Waals surface area contributed by atoms with E-state index in [1.54, 1.807) is 0 Å². The highest BCUT2D eigenvalue weighted by molar-refractivity contribution is 7.93. The van der Waals surface area contributed by atoms with Gasteiger partial charge in [-0.3, -0.25) is 9.78 Å². The van der Waals surface area contributed by atoms with Crippen molar-refractivity contribution in [3.63, 3.8) is 0 Å². The largest absolute Gasteiger partial charge is 0.286 e. The molecule has 3 aromatic rings. The van der Waals surface area contributed by atoms with Gasteiger partial charge in [-0.2, -0.15) is 4.36 Å². The molecule has 1 unspecified atom stereocenters. The summed E-state index contributed by atoms with van der Waals surface area (Å²) in [6.07, 6.45) is 3.92.